The van der Waals surface area contributed by atoms with Gasteiger partial charge in [0.05, 0.1) is 23.0 Å². The number of nitrogens with one attached hydrogen (secondary N) is 3. The summed E-state index contributed by atoms with van der Waals surface area (Å²) in [6.07, 6.45) is 1.04. The first kappa shape index (κ1) is 19.3. The smallest absolute Gasteiger partial charge is 0.258 e. The summed E-state index contributed by atoms with van der Waals surface area (Å²) < 4.78 is 25.4. The maximum atomic E-state index is 12.6. The summed E-state index contributed by atoms with van der Waals surface area (Å²) in [5.41, 5.74) is 8.78. The number of fused-ring (bicyclic) bond motifs is 1. The molecule has 8 nitrogen and oxygen atoms in total. The lowest BCUT2D eigenvalue weighted by atomic mass is 10.0. The van der Waals surface area contributed by atoms with Gasteiger partial charge in [-0.25, -0.2) is 13.4 Å². The lowest BCUT2D eigenvalue weighted by Gasteiger charge is -2.13. The van der Waals surface area contributed by atoms with Gasteiger partial charge in [-0.3, -0.25) is 20.2 Å². The van der Waals surface area contributed by atoms with Gasteiger partial charge < -0.3 is 5.73 Å². The third-order valence-corrected chi connectivity index (χ3v) is 4.63. The molecule has 0 saturated carbocycles. The Morgan fingerprint density at radius 2 is 1.86 bits per heavy atom. The summed E-state index contributed by atoms with van der Waals surface area (Å²) in [7, 11) is -3.48. The van der Waals surface area contributed by atoms with Gasteiger partial charge in [0.1, 0.15) is 0 Å². The molecular weight excluding hydrogens is 378 g/mol. The van der Waals surface area contributed by atoms with Gasteiger partial charge in [-0.1, -0.05) is 24.3 Å². The number of pyridine rings is 1. The molecule has 9 heteroatoms. The van der Waals surface area contributed by atoms with E-state index in [-0.39, 0.29) is 5.56 Å². The lowest BCUT2D eigenvalue weighted by molar-refractivity contribution is 0.0978. The van der Waals surface area contributed by atoms with E-state index in [1.54, 1.807) is 18.2 Å². The Bertz CT molecular complexity index is 1210. The minimum atomic E-state index is -3.48. The molecule has 1 amide bonds. The Morgan fingerprint density at radius 3 is 2.50 bits per heavy atom. The van der Waals surface area contributed by atoms with Gasteiger partial charge in [0.15, 0.2) is 5.96 Å². The van der Waals surface area contributed by atoms with Crippen molar-refractivity contribution >= 4 is 38.5 Å². The van der Waals surface area contributed by atoms with Gasteiger partial charge in [0.25, 0.3) is 5.91 Å². The van der Waals surface area contributed by atoms with E-state index in [0.29, 0.717) is 22.3 Å². The summed E-state index contributed by atoms with van der Waals surface area (Å²) in [5, 5.41) is 10.0. The van der Waals surface area contributed by atoms with Crippen molar-refractivity contribution in [1.29, 1.82) is 5.41 Å². The standard InChI is InChI=1S/C19H19N5O3S/c1-11-5-3-4-6-13(11)17-10-15(18(25)23-19(20)21)14-9-12(24-28(2,26)27)7-8-16(14)22-17/h3-10,24H,1-2H3,(H4,20,21,23,25). The van der Waals surface area contributed by atoms with E-state index in [0.717, 1.165) is 17.4 Å². The van der Waals surface area contributed by atoms with E-state index in [1.807, 2.05) is 31.2 Å². The molecule has 144 valence electrons. The minimum absolute atomic E-state index is 0.232. The molecule has 28 heavy (non-hydrogen) atoms. The van der Waals surface area contributed by atoms with E-state index in [2.05, 4.69) is 15.0 Å². The molecular formula is C19H19N5O3S. The highest BCUT2D eigenvalue weighted by atomic mass is 32.2. The summed E-state index contributed by atoms with van der Waals surface area (Å²) in [6.45, 7) is 1.94. The Kier molecular flexibility index (Phi) is 5.02. The number of anilines is 1. The quantitative estimate of drug-likeness (QED) is 0.395. The van der Waals surface area contributed by atoms with Gasteiger partial charge in [-0.05, 0) is 36.8 Å². The molecule has 0 spiro atoms. The number of benzene rings is 2. The molecule has 0 aliphatic carbocycles. The number of rotatable bonds is 4. The van der Waals surface area contributed by atoms with Gasteiger partial charge in [0.2, 0.25) is 10.0 Å². The summed E-state index contributed by atoms with van der Waals surface area (Å²) in [4.78, 5) is 17.3. The molecule has 0 aliphatic heterocycles. The molecule has 0 aliphatic rings. The molecule has 0 atom stereocenters. The lowest BCUT2D eigenvalue weighted by Crippen LogP contribution is -2.35. The highest BCUT2D eigenvalue weighted by Crippen LogP contribution is 2.29. The van der Waals surface area contributed by atoms with Crippen LogP contribution in [0.5, 0.6) is 0 Å². The molecule has 0 radical (unpaired) electrons. The molecule has 1 heterocycles. The van der Waals surface area contributed by atoms with Crippen LogP contribution in [0.15, 0.2) is 48.5 Å². The number of sulfonamides is 1. The van der Waals surface area contributed by atoms with Crippen molar-refractivity contribution in [3.63, 3.8) is 0 Å². The van der Waals surface area contributed by atoms with Gasteiger partial charge in [0, 0.05) is 16.6 Å². The number of guanidine groups is 1. The van der Waals surface area contributed by atoms with Crippen LogP contribution >= 0.6 is 0 Å². The fourth-order valence-corrected chi connectivity index (χ4v) is 3.43. The summed E-state index contributed by atoms with van der Waals surface area (Å²) >= 11 is 0. The zero-order valence-electron chi connectivity index (χ0n) is 15.3. The SMILES string of the molecule is Cc1ccccc1-c1cc(C(=O)NC(=N)N)c2cc(NS(C)(=O)=O)ccc2n1. The Hall–Kier alpha value is -3.46. The van der Waals surface area contributed by atoms with Gasteiger partial charge >= 0.3 is 0 Å². The average molecular weight is 397 g/mol. The first-order chi connectivity index (χ1) is 13.1. The van der Waals surface area contributed by atoms with Crippen LogP contribution in [0.4, 0.5) is 5.69 Å². The fourth-order valence-electron chi connectivity index (χ4n) is 2.88. The fraction of sp³-hybridized carbons (Fsp3) is 0.105. The molecule has 0 saturated heterocycles. The normalized spacial score (nSPS) is 11.2. The highest BCUT2D eigenvalue weighted by Gasteiger charge is 2.16. The van der Waals surface area contributed by atoms with Crippen molar-refractivity contribution in [2.75, 3.05) is 11.0 Å². The topological polar surface area (TPSA) is 138 Å². The maximum Gasteiger partial charge on any atom is 0.258 e. The minimum Gasteiger partial charge on any atom is -0.370 e. The van der Waals surface area contributed by atoms with Crippen LogP contribution in [0, 0.1) is 12.3 Å². The van der Waals surface area contributed by atoms with Crippen LogP contribution in [0.3, 0.4) is 0 Å². The van der Waals surface area contributed by atoms with Crippen molar-refractivity contribution in [3.05, 3.63) is 59.7 Å². The largest absolute Gasteiger partial charge is 0.370 e. The first-order valence-corrected chi connectivity index (χ1v) is 10.2. The molecule has 0 unspecified atom stereocenters. The Morgan fingerprint density at radius 1 is 1.14 bits per heavy atom. The van der Waals surface area contributed by atoms with Crippen LogP contribution in [0.2, 0.25) is 0 Å². The number of aromatic nitrogens is 1. The number of aryl methyl sites for hydroxylation is 1. The number of nitrogens with two attached hydrogens (primary N) is 1. The number of hydrogen-bond donors (Lipinski definition) is 4. The van der Waals surface area contributed by atoms with Crippen molar-refractivity contribution < 1.29 is 13.2 Å². The Balaban J connectivity index is 2.24. The number of carbonyl (C=O) groups excluding carboxylic acids is 1. The Labute approximate surface area is 162 Å². The zero-order chi connectivity index (χ0) is 20.5. The second kappa shape index (κ2) is 7.28. The van der Waals surface area contributed by atoms with E-state index < -0.39 is 21.9 Å². The molecule has 2 aromatic carbocycles. The third kappa shape index (κ3) is 4.26. The first-order valence-electron chi connectivity index (χ1n) is 8.28. The third-order valence-electron chi connectivity index (χ3n) is 4.03. The van der Waals surface area contributed by atoms with E-state index in [4.69, 9.17) is 11.1 Å². The van der Waals surface area contributed by atoms with Gasteiger partial charge in [-0.15, -0.1) is 0 Å². The average Bonchev–Trinajstić information content (AvgIpc) is 2.59. The second-order valence-corrected chi connectivity index (χ2v) is 8.09. The predicted octanol–water partition coefficient (Wildman–Crippen LogP) is 2.20. The molecule has 0 fully saturated rings. The number of nitrogens with zero attached hydrogens (tertiary/aromatic N) is 1. The molecule has 3 aromatic rings. The summed E-state index contributed by atoms with van der Waals surface area (Å²) in [6, 6.07) is 14.0. The van der Waals surface area contributed by atoms with Crippen LogP contribution in [-0.4, -0.2) is 31.5 Å². The molecule has 1 aromatic heterocycles. The zero-order valence-corrected chi connectivity index (χ0v) is 16.1. The van der Waals surface area contributed by atoms with E-state index in [9.17, 15) is 13.2 Å². The van der Waals surface area contributed by atoms with Crippen LogP contribution < -0.4 is 15.8 Å². The van der Waals surface area contributed by atoms with Crippen molar-refractivity contribution in [3.8, 4) is 11.3 Å². The van der Waals surface area contributed by atoms with E-state index in [1.165, 1.54) is 6.07 Å². The predicted molar refractivity (Wildman–Crippen MR) is 110 cm³/mol. The van der Waals surface area contributed by atoms with Crippen LogP contribution in [0.1, 0.15) is 15.9 Å². The number of hydrogen-bond acceptors (Lipinski definition) is 5. The second-order valence-electron chi connectivity index (χ2n) is 6.34. The van der Waals surface area contributed by atoms with Crippen LogP contribution in [0.25, 0.3) is 22.2 Å². The van der Waals surface area contributed by atoms with E-state index >= 15 is 0 Å². The van der Waals surface area contributed by atoms with Crippen molar-refractivity contribution in [1.82, 2.24) is 10.3 Å². The maximum absolute atomic E-state index is 12.6. The number of carbonyl (C=O) groups is 1. The highest BCUT2D eigenvalue weighted by molar-refractivity contribution is 7.92. The van der Waals surface area contributed by atoms with Crippen LogP contribution in [-0.2, 0) is 10.0 Å². The molecule has 0 bridgehead atoms. The van der Waals surface area contributed by atoms with Gasteiger partial charge in [-0.2, -0.15) is 0 Å². The molecule has 3 rings (SSSR count). The van der Waals surface area contributed by atoms with Crippen molar-refractivity contribution in [2.24, 2.45) is 5.73 Å². The molecule has 5 N–H and O–H groups in total. The summed E-state index contributed by atoms with van der Waals surface area (Å²) in [5.74, 6) is -1.07. The monoisotopic (exact) mass is 397 g/mol. The van der Waals surface area contributed by atoms with Crippen molar-refractivity contribution in [2.45, 2.75) is 6.92 Å². The number of amides is 1.